The predicted molar refractivity (Wildman–Crippen MR) is 65.6 cm³/mol. The molecule has 2 aromatic heterocycles. The molecule has 0 aliphatic carbocycles. The van der Waals surface area contributed by atoms with Gasteiger partial charge in [-0.1, -0.05) is 12.1 Å². The molecule has 0 aromatic carbocycles. The molecule has 0 fully saturated rings. The van der Waals surface area contributed by atoms with Crippen molar-refractivity contribution in [2.24, 2.45) is 0 Å². The third-order valence-corrected chi connectivity index (χ3v) is 3.24. The van der Waals surface area contributed by atoms with Crippen molar-refractivity contribution < 1.29 is 4.79 Å². The van der Waals surface area contributed by atoms with Crippen LogP contribution in [0.2, 0.25) is 0 Å². The zero-order valence-electron chi connectivity index (χ0n) is 9.04. The lowest BCUT2D eigenvalue weighted by Gasteiger charge is -2.06. The standard InChI is InChI=1S/C13H10N2OS/c14-9-11(12-5-1-2-6-15-12)13(16)8-10-4-3-7-17-10/h1-7,11H,8H2/t11-/m0/s1. The second kappa shape index (κ2) is 5.37. The van der Waals surface area contributed by atoms with Crippen molar-refractivity contribution in [3.8, 4) is 6.07 Å². The number of pyridine rings is 1. The molecule has 2 aromatic rings. The van der Waals surface area contributed by atoms with Gasteiger partial charge < -0.3 is 0 Å². The Morgan fingerprint density at radius 3 is 2.88 bits per heavy atom. The molecule has 2 rings (SSSR count). The summed E-state index contributed by atoms with van der Waals surface area (Å²) in [5.74, 6) is -0.869. The average molecular weight is 242 g/mol. The van der Waals surface area contributed by atoms with E-state index >= 15 is 0 Å². The summed E-state index contributed by atoms with van der Waals surface area (Å²) >= 11 is 1.52. The number of carbonyl (C=O) groups excluding carboxylic acids is 1. The van der Waals surface area contributed by atoms with Gasteiger partial charge in [-0.15, -0.1) is 11.3 Å². The van der Waals surface area contributed by atoms with E-state index < -0.39 is 5.92 Å². The molecule has 0 amide bonds. The lowest BCUT2D eigenvalue weighted by molar-refractivity contribution is -0.118. The number of rotatable bonds is 4. The van der Waals surface area contributed by atoms with Crippen LogP contribution in [0.25, 0.3) is 0 Å². The lowest BCUT2D eigenvalue weighted by Crippen LogP contribution is -2.14. The van der Waals surface area contributed by atoms with E-state index in [1.165, 1.54) is 11.3 Å². The summed E-state index contributed by atoms with van der Waals surface area (Å²) < 4.78 is 0. The van der Waals surface area contributed by atoms with E-state index in [0.29, 0.717) is 12.1 Å². The summed E-state index contributed by atoms with van der Waals surface area (Å²) in [7, 11) is 0. The number of nitriles is 1. The summed E-state index contributed by atoms with van der Waals surface area (Å²) in [6.07, 6.45) is 1.89. The van der Waals surface area contributed by atoms with Gasteiger partial charge >= 0.3 is 0 Å². The van der Waals surface area contributed by atoms with Gasteiger partial charge in [0.2, 0.25) is 0 Å². The molecule has 0 N–H and O–H groups in total. The second-order valence-electron chi connectivity index (χ2n) is 3.54. The van der Waals surface area contributed by atoms with Gasteiger partial charge in [0.15, 0.2) is 5.78 Å². The van der Waals surface area contributed by atoms with Gasteiger partial charge in [0.1, 0.15) is 5.92 Å². The number of Topliss-reactive ketones (excluding diaryl/α,β-unsaturated/α-hetero) is 1. The van der Waals surface area contributed by atoms with E-state index in [1.54, 1.807) is 24.4 Å². The number of aromatic nitrogens is 1. The van der Waals surface area contributed by atoms with Crippen molar-refractivity contribution in [3.05, 3.63) is 52.5 Å². The maximum Gasteiger partial charge on any atom is 0.161 e. The molecule has 0 unspecified atom stereocenters. The zero-order valence-corrected chi connectivity index (χ0v) is 9.85. The fourth-order valence-electron chi connectivity index (χ4n) is 1.54. The van der Waals surface area contributed by atoms with Crippen molar-refractivity contribution >= 4 is 17.1 Å². The molecular formula is C13H10N2OS. The summed E-state index contributed by atoms with van der Waals surface area (Å²) in [6.45, 7) is 0. The Balaban J connectivity index is 2.15. The Hall–Kier alpha value is -1.99. The number of thiophene rings is 1. The SMILES string of the molecule is N#C[C@H](C(=O)Cc1cccs1)c1ccccn1. The third-order valence-electron chi connectivity index (χ3n) is 2.36. The van der Waals surface area contributed by atoms with Crippen LogP contribution in [-0.2, 0) is 11.2 Å². The maximum atomic E-state index is 12.0. The largest absolute Gasteiger partial charge is 0.297 e. The molecule has 0 saturated carbocycles. The van der Waals surface area contributed by atoms with Crippen molar-refractivity contribution in [2.75, 3.05) is 0 Å². The van der Waals surface area contributed by atoms with Crippen LogP contribution < -0.4 is 0 Å². The molecule has 0 spiro atoms. The molecule has 1 atom stereocenters. The summed E-state index contributed by atoms with van der Waals surface area (Å²) in [6, 6.07) is 11.1. The molecule has 3 nitrogen and oxygen atoms in total. The third kappa shape index (κ3) is 2.77. The van der Waals surface area contributed by atoms with Crippen LogP contribution in [0.5, 0.6) is 0 Å². The van der Waals surface area contributed by atoms with Gasteiger partial charge in [-0.2, -0.15) is 5.26 Å². The highest BCUT2D eigenvalue weighted by molar-refractivity contribution is 7.10. The van der Waals surface area contributed by atoms with E-state index in [9.17, 15) is 4.79 Å². The monoisotopic (exact) mass is 242 g/mol. The van der Waals surface area contributed by atoms with E-state index in [2.05, 4.69) is 4.98 Å². The Morgan fingerprint density at radius 1 is 1.41 bits per heavy atom. The average Bonchev–Trinajstić information content (AvgIpc) is 2.84. The minimum absolute atomic E-state index is 0.103. The van der Waals surface area contributed by atoms with Crippen LogP contribution in [0.1, 0.15) is 16.5 Å². The molecule has 0 aliphatic rings. The highest BCUT2D eigenvalue weighted by atomic mass is 32.1. The Morgan fingerprint density at radius 2 is 2.29 bits per heavy atom. The number of hydrogen-bond donors (Lipinski definition) is 0. The first-order chi connectivity index (χ1) is 8.31. The van der Waals surface area contributed by atoms with E-state index in [1.807, 2.05) is 23.6 Å². The molecule has 84 valence electrons. The molecule has 0 saturated heterocycles. The fraction of sp³-hybridized carbons (Fsp3) is 0.154. The molecule has 0 aliphatic heterocycles. The minimum Gasteiger partial charge on any atom is -0.297 e. The molecular weight excluding hydrogens is 232 g/mol. The Labute approximate surface area is 103 Å². The quantitative estimate of drug-likeness (QED) is 0.828. The molecule has 4 heteroatoms. The minimum atomic E-state index is -0.765. The molecule has 17 heavy (non-hydrogen) atoms. The van der Waals surface area contributed by atoms with Crippen LogP contribution in [0, 0.1) is 11.3 Å². The Kier molecular flexibility index (Phi) is 3.63. The first kappa shape index (κ1) is 11.5. The first-order valence-electron chi connectivity index (χ1n) is 5.17. The highest BCUT2D eigenvalue weighted by Gasteiger charge is 2.21. The zero-order chi connectivity index (χ0) is 12.1. The normalized spacial score (nSPS) is 11.7. The number of carbonyl (C=O) groups is 1. The van der Waals surface area contributed by atoms with Crippen LogP contribution in [-0.4, -0.2) is 10.8 Å². The van der Waals surface area contributed by atoms with Gasteiger partial charge in [0.25, 0.3) is 0 Å². The van der Waals surface area contributed by atoms with E-state index in [4.69, 9.17) is 5.26 Å². The molecule has 0 bridgehead atoms. The van der Waals surface area contributed by atoms with Gasteiger partial charge in [0, 0.05) is 17.5 Å². The van der Waals surface area contributed by atoms with E-state index in [0.717, 1.165) is 4.88 Å². The maximum absolute atomic E-state index is 12.0. The Bertz CT molecular complexity index is 528. The second-order valence-corrected chi connectivity index (χ2v) is 4.57. The van der Waals surface area contributed by atoms with Crippen molar-refractivity contribution in [1.82, 2.24) is 4.98 Å². The van der Waals surface area contributed by atoms with Gasteiger partial charge in [-0.25, -0.2) is 0 Å². The number of hydrogen-bond acceptors (Lipinski definition) is 4. The van der Waals surface area contributed by atoms with Crippen molar-refractivity contribution in [2.45, 2.75) is 12.3 Å². The van der Waals surface area contributed by atoms with Gasteiger partial charge in [0.05, 0.1) is 11.8 Å². The van der Waals surface area contributed by atoms with Gasteiger partial charge in [-0.3, -0.25) is 9.78 Å². The van der Waals surface area contributed by atoms with Crippen LogP contribution in [0.3, 0.4) is 0 Å². The van der Waals surface area contributed by atoms with Crippen molar-refractivity contribution in [1.29, 1.82) is 5.26 Å². The van der Waals surface area contributed by atoms with Crippen LogP contribution >= 0.6 is 11.3 Å². The molecule has 0 radical (unpaired) electrons. The van der Waals surface area contributed by atoms with Crippen LogP contribution in [0.4, 0.5) is 0 Å². The van der Waals surface area contributed by atoms with Crippen molar-refractivity contribution in [3.63, 3.8) is 0 Å². The summed E-state index contributed by atoms with van der Waals surface area (Å²) in [5.41, 5.74) is 0.525. The summed E-state index contributed by atoms with van der Waals surface area (Å²) in [5, 5.41) is 11.0. The highest BCUT2D eigenvalue weighted by Crippen LogP contribution is 2.18. The number of nitrogens with zero attached hydrogens (tertiary/aromatic N) is 2. The number of ketones is 1. The predicted octanol–water partition coefficient (Wildman–Crippen LogP) is 2.56. The molecule has 2 heterocycles. The fourth-order valence-corrected chi connectivity index (χ4v) is 2.25. The topological polar surface area (TPSA) is 53.8 Å². The van der Waals surface area contributed by atoms with E-state index in [-0.39, 0.29) is 5.78 Å². The van der Waals surface area contributed by atoms with Gasteiger partial charge in [-0.05, 0) is 23.6 Å². The first-order valence-corrected chi connectivity index (χ1v) is 6.05. The smallest absolute Gasteiger partial charge is 0.161 e. The summed E-state index contributed by atoms with van der Waals surface area (Å²) in [4.78, 5) is 17.0. The lowest BCUT2D eigenvalue weighted by atomic mass is 9.98. The van der Waals surface area contributed by atoms with Crippen LogP contribution in [0.15, 0.2) is 41.9 Å².